The minimum absolute atomic E-state index is 0.0925. The molecule has 5 N–H and O–H groups in total. The van der Waals surface area contributed by atoms with Crippen LogP contribution in [-0.4, -0.2) is 34.1 Å². The summed E-state index contributed by atoms with van der Waals surface area (Å²) < 4.78 is 12.9. The Morgan fingerprint density at radius 3 is 2.50 bits per heavy atom. The molecule has 0 aliphatic rings. The van der Waals surface area contributed by atoms with E-state index >= 15 is 0 Å². The summed E-state index contributed by atoms with van der Waals surface area (Å²) in [6.07, 6.45) is -0.380. The third-order valence-electron chi connectivity index (χ3n) is 2.48. The maximum atomic E-state index is 12.9. The summed E-state index contributed by atoms with van der Waals surface area (Å²) in [6, 6.07) is 1.75. The molecule has 1 aromatic carbocycles. The number of carbonyl (C=O) groups is 3. The lowest BCUT2D eigenvalue weighted by Gasteiger charge is -2.13. The summed E-state index contributed by atoms with van der Waals surface area (Å²) in [5.74, 6) is -3.99. The van der Waals surface area contributed by atoms with Crippen LogP contribution in [0.4, 0.5) is 10.1 Å². The maximum Gasteiger partial charge on any atom is 0.337 e. The number of benzene rings is 1. The zero-order valence-electron chi connectivity index (χ0n) is 10.3. The van der Waals surface area contributed by atoms with Crippen molar-refractivity contribution in [2.24, 2.45) is 5.73 Å². The van der Waals surface area contributed by atoms with Crippen LogP contribution in [0.3, 0.4) is 0 Å². The van der Waals surface area contributed by atoms with Gasteiger partial charge in [-0.05, 0) is 24.6 Å². The fraction of sp³-hybridized carbons (Fsp3) is 0.250. The van der Waals surface area contributed by atoms with Crippen LogP contribution in [0, 0.1) is 5.82 Å². The van der Waals surface area contributed by atoms with E-state index in [1.54, 1.807) is 0 Å². The Balaban J connectivity index is 2.80. The van der Waals surface area contributed by atoms with Gasteiger partial charge in [0.25, 0.3) is 0 Å². The highest BCUT2D eigenvalue weighted by Crippen LogP contribution is 2.17. The predicted molar refractivity (Wildman–Crippen MR) is 66.8 cm³/mol. The Morgan fingerprint density at radius 2 is 1.95 bits per heavy atom. The molecule has 0 aliphatic heterocycles. The summed E-state index contributed by atoms with van der Waals surface area (Å²) in [5, 5.41) is 19.6. The number of carboxylic acids is 2. The topological polar surface area (TPSA) is 130 Å². The second-order valence-electron chi connectivity index (χ2n) is 4.02. The van der Waals surface area contributed by atoms with E-state index in [2.05, 4.69) is 5.32 Å². The molecular formula is C12H13FN2O5. The van der Waals surface area contributed by atoms with Crippen molar-refractivity contribution < 1.29 is 29.0 Å². The number of rotatable bonds is 6. The normalized spacial score (nSPS) is 11.7. The van der Waals surface area contributed by atoms with Crippen LogP contribution < -0.4 is 11.1 Å². The summed E-state index contributed by atoms with van der Waals surface area (Å²) >= 11 is 0. The second kappa shape index (κ2) is 6.62. The Bertz CT molecular complexity index is 547. The van der Waals surface area contributed by atoms with Gasteiger partial charge in [0.2, 0.25) is 5.91 Å². The second-order valence-corrected chi connectivity index (χ2v) is 4.02. The lowest BCUT2D eigenvalue weighted by molar-refractivity contribution is -0.137. The van der Waals surface area contributed by atoms with Crippen LogP contribution in [0.1, 0.15) is 23.2 Å². The Hall–Kier alpha value is -2.48. The van der Waals surface area contributed by atoms with Gasteiger partial charge in [-0.1, -0.05) is 0 Å². The van der Waals surface area contributed by atoms with Gasteiger partial charge in [-0.2, -0.15) is 0 Å². The fourth-order valence-electron chi connectivity index (χ4n) is 1.44. The largest absolute Gasteiger partial charge is 0.481 e. The number of anilines is 1. The SMILES string of the molecule is NC(CCC(=O)O)C(=O)Nc1ccc(F)cc1C(=O)O. The van der Waals surface area contributed by atoms with Crippen LogP contribution in [-0.2, 0) is 9.59 Å². The van der Waals surface area contributed by atoms with Gasteiger partial charge in [-0.25, -0.2) is 9.18 Å². The lowest BCUT2D eigenvalue weighted by Crippen LogP contribution is -2.36. The summed E-state index contributed by atoms with van der Waals surface area (Å²) in [4.78, 5) is 32.9. The van der Waals surface area contributed by atoms with Crippen molar-refractivity contribution in [2.45, 2.75) is 18.9 Å². The van der Waals surface area contributed by atoms with Crippen LogP contribution in [0.25, 0.3) is 0 Å². The molecule has 108 valence electrons. The highest BCUT2D eigenvalue weighted by molar-refractivity contribution is 6.02. The molecule has 0 saturated carbocycles. The predicted octanol–water partition coefficient (Wildman–Crippen LogP) is 0.654. The molecule has 8 heteroatoms. The summed E-state index contributed by atoms with van der Waals surface area (Å²) in [7, 11) is 0. The number of aliphatic carboxylic acids is 1. The first-order valence-corrected chi connectivity index (χ1v) is 5.62. The number of hydrogen-bond acceptors (Lipinski definition) is 4. The van der Waals surface area contributed by atoms with Crippen molar-refractivity contribution >= 4 is 23.5 Å². The van der Waals surface area contributed by atoms with E-state index in [0.29, 0.717) is 0 Å². The average Bonchev–Trinajstić information content (AvgIpc) is 2.37. The summed E-state index contributed by atoms with van der Waals surface area (Å²) in [5.41, 5.74) is 4.96. The molecule has 0 radical (unpaired) electrons. The van der Waals surface area contributed by atoms with E-state index in [1.165, 1.54) is 0 Å². The molecule has 1 unspecified atom stereocenters. The molecule has 0 heterocycles. The number of aromatic carboxylic acids is 1. The number of nitrogens with two attached hydrogens (primary N) is 1. The van der Waals surface area contributed by atoms with Crippen LogP contribution >= 0.6 is 0 Å². The van der Waals surface area contributed by atoms with Crippen LogP contribution in [0.5, 0.6) is 0 Å². The molecule has 0 spiro atoms. The highest BCUT2D eigenvalue weighted by Gasteiger charge is 2.18. The lowest BCUT2D eigenvalue weighted by atomic mass is 10.1. The first-order valence-electron chi connectivity index (χ1n) is 5.62. The molecule has 1 amide bonds. The fourth-order valence-corrected chi connectivity index (χ4v) is 1.44. The quantitative estimate of drug-likeness (QED) is 0.607. The monoisotopic (exact) mass is 284 g/mol. The zero-order chi connectivity index (χ0) is 15.3. The van der Waals surface area contributed by atoms with Gasteiger partial charge >= 0.3 is 11.9 Å². The van der Waals surface area contributed by atoms with E-state index in [0.717, 1.165) is 18.2 Å². The molecule has 0 aliphatic carbocycles. The molecule has 0 bridgehead atoms. The third kappa shape index (κ3) is 4.32. The standard InChI is InChI=1S/C12H13FN2O5/c13-6-1-3-9(7(5-6)12(19)20)15-11(18)8(14)2-4-10(16)17/h1,3,5,8H,2,4,14H2,(H,15,18)(H,16,17)(H,19,20). The average molecular weight is 284 g/mol. The number of halogens is 1. The van der Waals surface area contributed by atoms with Crippen LogP contribution in [0.2, 0.25) is 0 Å². The van der Waals surface area contributed by atoms with Gasteiger partial charge in [0.05, 0.1) is 17.3 Å². The van der Waals surface area contributed by atoms with E-state index < -0.39 is 35.3 Å². The highest BCUT2D eigenvalue weighted by atomic mass is 19.1. The minimum atomic E-state index is -1.40. The van der Waals surface area contributed by atoms with Gasteiger partial charge in [0.15, 0.2) is 0 Å². The smallest absolute Gasteiger partial charge is 0.337 e. The first-order chi connectivity index (χ1) is 9.31. The van der Waals surface area contributed by atoms with Gasteiger partial charge in [0.1, 0.15) is 5.82 Å². The number of carbonyl (C=O) groups excluding carboxylic acids is 1. The molecule has 0 saturated heterocycles. The molecule has 0 aromatic heterocycles. The van der Waals surface area contributed by atoms with Crippen molar-refractivity contribution in [3.05, 3.63) is 29.6 Å². The van der Waals surface area contributed by atoms with E-state index in [4.69, 9.17) is 15.9 Å². The van der Waals surface area contributed by atoms with Crippen molar-refractivity contribution in [1.29, 1.82) is 0 Å². The molecule has 1 aromatic rings. The Kier molecular flexibility index (Phi) is 5.15. The van der Waals surface area contributed by atoms with Gasteiger partial charge in [-0.3, -0.25) is 9.59 Å². The Morgan fingerprint density at radius 1 is 1.30 bits per heavy atom. The van der Waals surface area contributed by atoms with Gasteiger partial charge in [0, 0.05) is 6.42 Å². The van der Waals surface area contributed by atoms with E-state index in [1.807, 2.05) is 0 Å². The van der Waals surface area contributed by atoms with E-state index in [-0.39, 0.29) is 18.5 Å². The maximum absolute atomic E-state index is 12.9. The van der Waals surface area contributed by atoms with Crippen molar-refractivity contribution in [1.82, 2.24) is 0 Å². The van der Waals surface area contributed by atoms with Crippen molar-refractivity contribution in [3.63, 3.8) is 0 Å². The molecule has 7 nitrogen and oxygen atoms in total. The van der Waals surface area contributed by atoms with Crippen molar-refractivity contribution in [3.8, 4) is 0 Å². The molecular weight excluding hydrogens is 271 g/mol. The number of nitrogens with one attached hydrogen (secondary N) is 1. The first kappa shape index (κ1) is 15.6. The summed E-state index contributed by atoms with van der Waals surface area (Å²) in [6.45, 7) is 0. The van der Waals surface area contributed by atoms with Gasteiger partial charge < -0.3 is 21.3 Å². The number of hydrogen-bond donors (Lipinski definition) is 4. The van der Waals surface area contributed by atoms with Crippen LogP contribution in [0.15, 0.2) is 18.2 Å². The van der Waals surface area contributed by atoms with Gasteiger partial charge in [-0.15, -0.1) is 0 Å². The molecule has 1 rings (SSSR count). The third-order valence-corrected chi connectivity index (χ3v) is 2.48. The number of amides is 1. The van der Waals surface area contributed by atoms with E-state index in [9.17, 15) is 18.8 Å². The van der Waals surface area contributed by atoms with Crippen molar-refractivity contribution in [2.75, 3.05) is 5.32 Å². The Labute approximate surface area is 113 Å². The molecule has 20 heavy (non-hydrogen) atoms. The molecule has 0 fully saturated rings. The number of carboxylic acid groups (broad SMARTS) is 2. The zero-order valence-corrected chi connectivity index (χ0v) is 10.3. The molecule has 1 atom stereocenters. The minimum Gasteiger partial charge on any atom is -0.481 e.